The number of carbonyl (C=O) groups excluding carboxylic acids is 1. The van der Waals surface area contributed by atoms with Gasteiger partial charge in [-0.25, -0.2) is 9.97 Å². The third-order valence-corrected chi connectivity index (χ3v) is 5.29. The maximum absolute atomic E-state index is 12.7. The minimum Gasteiger partial charge on any atom is -0.496 e. The van der Waals surface area contributed by atoms with E-state index in [4.69, 9.17) is 4.74 Å². The van der Waals surface area contributed by atoms with E-state index in [-0.39, 0.29) is 18.0 Å². The lowest BCUT2D eigenvalue weighted by atomic mass is 10.2. The van der Waals surface area contributed by atoms with E-state index < -0.39 is 0 Å². The van der Waals surface area contributed by atoms with E-state index in [2.05, 4.69) is 15.3 Å². The van der Waals surface area contributed by atoms with Gasteiger partial charge in [0.05, 0.1) is 19.0 Å². The first kappa shape index (κ1) is 17.2. The summed E-state index contributed by atoms with van der Waals surface area (Å²) in [5.74, 6) is 0.430. The van der Waals surface area contributed by atoms with Crippen molar-refractivity contribution in [1.82, 2.24) is 19.9 Å². The van der Waals surface area contributed by atoms with Crippen LogP contribution in [0.3, 0.4) is 0 Å². The van der Waals surface area contributed by atoms with Gasteiger partial charge in [-0.15, -0.1) is 11.3 Å². The molecule has 0 unspecified atom stereocenters. The van der Waals surface area contributed by atoms with Crippen LogP contribution in [0.4, 0.5) is 0 Å². The van der Waals surface area contributed by atoms with Crippen molar-refractivity contribution in [3.8, 4) is 5.75 Å². The Bertz CT molecular complexity index is 1200. The highest BCUT2D eigenvalue weighted by Gasteiger charge is 2.13. The van der Waals surface area contributed by atoms with Gasteiger partial charge < -0.3 is 10.1 Å². The molecule has 1 N–H and O–H groups in total. The van der Waals surface area contributed by atoms with Crippen LogP contribution in [0.5, 0.6) is 5.75 Å². The zero-order valence-corrected chi connectivity index (χ0v) is 15.3. The topological polar surface area (TPSA) is 86.1 Å². The first-order valence-corrected chi connectivity index (χ1v) is 9.10. The van der Waals surface area contributed by atoms with Gasteiger partial charge in [0.15, 0.2) is 0 Å². The first-order valence-electron chi connectivity index (χ1n) is 8.28. The van der Waals surface area contributed by atoms with Gasteiger partial charge in [0, 0.05) is 23.7 Å². The van der Waals surface area contributed by atoms with Crippen molar-refractivity contribution in [2.75, 3.05) is 7.11 Å². The van der Waals surface area contributed by atoms with Crippen LogP contribution in [0.1, 0.15) is 5.56 Å². The third kappa shape index (κ3) is 3.26. The van der Waals surface area contributed by atoms with Gasteiger partial charge in [0.2, 0.25) is 5.91 Å². The fraction of sp³-hybridized carbons (Fsp3) is 0.158. The Labute approximate surface area is 158 Å². The minimum atomic E-state index is -0.275. The van der Waals surface area contributed by atoms with Crippen molar-refractivity contribution in [2.45, 2.75) is 13.1 Å². The number of pyridine rings is 1. The van der Waals surface area contributed by atoms with Crippen molar-refractivity contribution >= 4 is 37.7 Å². The number of aromatic nitrogens is 3. The molecule has 0 bridgehead atoms. The van der Waals surface area contributed by atoms with Crippen molar-refractivity contribution in [1.29, 1.82) is 0 Å². The standard InChI is InChI=1S/C19H16N4O3S/c1-26-14-7-3-2-5-12(14)9-21-15(24)10-23-11-22-16-13-6-4-8-20-18(13)27-17(16)19(23)25/h2-8,11H,9-10H2,1H3,(H,21,24). The number of nitrogens with one attached hydrogen (secondary N) is 1. The van der Waals surface area contributed by atoms with Gasteiger partial charge in [0.25, 0.3) is 5.56 Å². The van der Waals surface area contributed by atoms with Gasteiger partial charge in [-0.1, -0.05) is 18.2 Å². The van der Waals surface area contributed by atoms with Gasteiger partial charge in [0.1, 0.15) is 21.8 Å². The lowest BCUT2D eigenvalue weighted by molar-refractivity contribution is -0.121. The highest BCUT2D eigenvalue weighted by atomic mass is 32.1. The first-order chi connectivity index (χ1) is 13.2. The molecule has 0 aliphatic rings. The molecule has 0 spiro atoms. The summed E-state index contributed by atoms with van der Waals surface area (Å²) >= 11 is 1.29. The van der Waals surface area contributed by atoms with Gasteiger partial charge in [-0.2, -0.15) is 0 Å². The molecule has 0 aliphatic carbocycles. The van der Waals surface area contributed by atoms with E-state index in [1.165, 1.54) is 22.2 Å². The van der Waals surface area contributed by atoms with Gasteiger partial charge in [-0.3, -0.25) is 14.2 Å². The largest absolute Gasteiger partial charge is 0.496 e. The third-order valence-electron chi connectivity index (χ3n) is 4.20. The Hall–Kier alpha value is -3.26. The minimum absolute atomic E-state index is 0.0986. The number of fused-ring (bicyclic) bond motifs is 3. The summed E-state index contributed by atoms with van der Waals surface area (Å²) in [4.78, 5) is 34.4. The predicted octanol–water partition coefficient (Wildman–Crippen LogP) is 2.33. The van der Waals surface area contributed by atoms with Gasteiger partial charge in [-0.05, 0) is 18.2 Å². The van der Waals surface area contributed by atoms with E-state index in [9.17, 15) is 9.59 Å². The Kier molecular flexibility index (Phi) is 4.55. The summed E-state index contributed by atoms with van der Waals surface area (Å²) in [6.07, 6.45) is 3.09. The zero-order chi connectivity index (χ0) is 18.8. The number of hydrogen-bond donors (Lipinski definition) is 1. The molecular weight excluding hydrogens is 364 g/mol. The van der Waals surface area contributed by atoms with E-state index in [0.29, 0.717) is 22.5 Å². The molecule has 0 fully saturated rings. The molecule has 0 saturated heterocycles. The number of ether oxygens (including phenoxy) is 1. The molecule has 1 amide bonds. The monoisotopic (exact) mass is 380 g/mol. The van der Waals surface area contributed by atoms with E-state index in [1.807, 2.05) is 36.4 Å². The molecule has 136 valence electrons. The van der Waals surface area contributed by atoms with Crippen molar-refractivity contribution in [3.63, 3.8) is 0 Å². The molecule has 1 aromatic carbocycles. The summed E-state index contributed by atoms with van der Waals surface area (Å²) in [5, 5.41) is 3.66. The van der Waals surface area contributed by atoms with E-state index >= 15 is 0 Å². The summed E-state index contributed by atoms with van der Waals surface area (Å²) in [7, 11) is 1.58. The molecule has 0 saturated carbocycles. The average molecular weight is 380 g/mol. The summed E-state index contributed by atoms with van der Waals surface area (Å²) in [6.45, 7) is 0.221. The molecule has 4 aromatic rings. The molecule has 7 nitrogen and oxygen atoms in total. The molecule has 4 rings (SSSR count). The van der Waals surface area contributed by atoms with E-state index in [1.54, 1.807) is 13.3 Å². The zero-order valence-electron chi connectivity index (χ0n) is 14.5. The van der Waals surface area contributed by atoms with Crippen LogP contribution in [-0.2, 0) is 17.9 Å². The Morgan fingerprint density at radius 2 is 2.07 bits per heavy atom. The van der Waals surface area contributed by atoms with Crippen molar-refractivity contribution < 1.29 is 9.53 Å². The number of hydrogen-bond acceptors (Lipinski definition) is 6. The fourth-order valence-corrected chi connectivity index (χ4v) is 3.91. The number of amides is 1. The van der Waals surface area contributed by atoms with Crippen LogP contribution < -0.4 is 15.6 Å². The fourth-order valence-electron chi connectivity index (χ4n) is 2.87. The lowest BCUT2D eigenvalue weighted by Crippen LogP contribution is -2.32. The van der Waals surface area contributed by atoms with Crippen LogP contribution in [0.15, 0.2) is 53.7 Å². The molecule has 3 aromatic heterocycles. The van der Waals surface area contributed by atoms with Crippen LogP contribution in [-0.4, -0.2) is 27.6 Å². The smallest absolute Gasteiger partial charge is 0.271 e. The number of para-hydroxylation sites is 1. The Balaban J connectivity index is 1.54. The van der Waals surface area contributed by atoms with Crippen LogP contribution >= 0.6 is 11.3 Å². The van der Waals surface area contributed by atoms with Crippen LogP contribution in [0, 0.1) is 0 Å². The second-order valence-corrected chi connectivity index (χ2v) is 6.90. The normalized spacial score (nSPS) is 11.0. The number of nitrogens with zero attached hydrogens (tertiary/aromatic N) is 3. The number of methoxy groups -OCH3 is 1. The Morgan fingerprint density at radius 3 is 2.93 bits per heavy atom. The molecule has 27 heavy (non-hydrogen) atoms. The molecule has 8 heteroatoms. The summed E-state index contributed by atoms with van der Waals surface area (Å²) in [5.41, 5.74) is 1.25. The van der Waals surface area contributed by atoms with E-state index in [0.717, 1.165) is 15.8 Å². The molecular formula is C19H16N4O3S. The number of carbonyl (C=O) groups is 1. The highest BCUT2D eigenvalue weighted by Crippen LogP contribution is 2.27. The lowest BCUT2D eigenvalue weighted by Gasteiger charge is -2.10. The molecule has 0 aliphatic heterocycles. The highest BCUT2D eigenvalue weighted by molar-refractivity contribution is 7.25. The Morgan fingerprint density at radius 1 is 1.22 bits per heavy atom. The SMILES string of the molecule is COc1ccccc1CNC(=O)Cn1cnc2c(sc3ncccc32)c1=O. The number of thiophene rings is 1. The quantitative estimate of drug-likeness (QED) is 0.574. The van der Waals surface area contributed by atoms with Crippen molar-refractivity contribution in [2.24, 2.45) is 0 Å². The number of rotatable bonds is 5. The summed E-state index contributed by atoms with van der Waals surface area (Å²) in [6, 6.07) is 11.2. The predicted molar refractivity (Wildman–Crippen MR) is 104 cm³/mol. The maximum atomic E-state index is 12.7. The molecule has 0 atom stereocenters. The van der Waals surface area contributed by atoms with Crippen LogP contribution in [0.25, 0.3) is 20.4 Å². The second-order valence-electron chi connectivity index (χ2n) is 5.90. The average Bonchev–Trinajstić information content (AvgIpc) is 3.08. The molecule has 0 radical (unpaired) electrons. The second kappa shape index (κ2) is 7.16. The number of benzene rings is 1. The van der Waals surface area contributed by atoms with Crippen molar-refractivity contribution in [3.05, 3.63) is 64.8 Å². The van der Waals surface area contributed by atoms with Crippen LogP contribution in [0.2, 0.25) is 0 Å². The summed E-state index contributed by atoms with van der Waals surface area (Å²) < 4.78 is 7.09. The van der Waals surface area contributed by atoms with Gasteiger partial charge >= 0.3 is 0 Å². The maximum Gasteiger partial charge on any atom is 0.271 e. The molecule has 3 heterocycles.